The lowest BCUT2D eigenvalue weighted by molar-refractivity contribution is 0.0242. The quantitative estimate of drug-likeness (QED) is 0.864. The van der Waals surface area contributed by atoms with E-state index >= 15 is 0 Å². The minimum Gasteiger partial charge on any atom is -0.387 e. The maximum absolute atomic E-state index is 13.3. The van der Waals surface area contributed by atoms with E-state index in [9.17, 15) is 14.8 Å². The van der Waals surface area contributed by atoms with Gasteiger partial charge in [-0.05, 0) is 65.2 Å². The predicted octanol–water partition coefficient (Wildman–Crippen LogP) is 4.73. The summed E-state index contributed by atoms with van der Waals surface area (Å²) >= 11 is 3.13. The summed E-state index contributed by atoms with van der Waals surface area (Å²) in [7, 11) is 0. The molecule has 1 N–H and O–H groups in total. The Morgan fingerprint density at radius 2 is 2.15 bits per heavy atom. The second kappa shape index (κ2) is 6.24. The van der Waals surface area contributed by atoms with Crippen LogP contribution in [0.2, 0.25) is 0 Å². The number of benzene rings is 1. The van der Waals surface area contributed by atoms with Crippen LogP contribution in [-0.2, 0) is 0 Å². The monoisotopic (exact) mass is 339 g/mol. The highest BCUT2D eigenvalue weighted by molar-refractivity contribution is 9.10. The highest BCUT2D eigenvalue weighted by Crippen LogP contribution is 2.48. The van der Waals surface area contributed by atoms with Crippen molar-refractivity contribution in [1.29, 1.82) is 5.26 Å². The molecule has 1 aromatic rings. The summed E-state index contributed by atoms with van der Waals surface area (Å²) in [4.78, 5) is 0. The summed E-state index contributed by atoms with van der Waals surface area (Å²) < 4.78 is 13.6. The van der Waals surface area contributed by atoms with Gasteiger partial charge in [-0.1, -0.05) is 19.4 Å². The normalized spacial score (nSPS) is 27.9. The molecule has 0 saturated heterocycles. The molecule has 1 aliphatic carbocycles. The van der Waals surface area contributed by atoms with Gasteiger partial charge >= 0.3 is 0 Å². The molecule has 0 aromatic heterocycles. The van der Waals surface area contributed by atoms with Gasteiger partial charge in [-0.2, -0.15) is 5.26 Å². The molecule has 0 spiro atoms. The average molecular weight is 340 g/mol. The van der Waals surface area contributed by atoms with Gasteiger partial charge in [0.2, 0.25) is 0 Å². The van der Waals surface area contributed by atoms with Gasteiger partial charge in [-0.3, -0.25) is 0 Å². The fourth-order valence-electron chi connectivity index (χ4n) is 3.05. The molecular weight excluding hydrogens is 321 g/mol. The molecule has 2 rings (SSSR count). The van der Waals surface area contributed by atoms with E-state index in [0.29, 0.717) is 28.8 Å². The number of aliphatic hydroxyl groups is 1. The van der Waals surface area contributed by atoms with Gasteiger partial charge in [0.25, 0.3) is 0 Å². The number of aliphatic hydroxyl groups excluding tert-OH is 1. The number of hydrogen-bond donors (Lipinski definition) is 1. The number of rotatable bonds is 3. The molecule has 108 valence electrons. The molecule has 0 aliphatic heterocycles. The first kappa shape index (κ1) is 15.5. The van der Waals surface area contributed by atoms with Crippen LogP contribution in [0.1, 0.15) is 50.7 Å². The topological polar surface area (TPSA) is 44.0 Å². The van der Waals surface area contributed by atoms with Crippen LogP contribution in [-0.4, -0.2) is 5.11 Å². The Bertz CT molecular complexity index is 518. The van der Waals surface area contributed by atoms with Crippen molar-refractivity contribution in [2.75, 3.05) is 0 Å². The van der Waals surface area contributed by atoms with Crippen molar-refractivity contribution in [1.82, 2.24) is 0 Å². The molecule has 1 fully saturated rings. The second-order valence-corrected chi connectivity index (χ2v) is 6.55. The second-order valence-electron chi connectivity index (χ2n) is 5.70. The molecule has 0 heterocycles. The van der Waals surface area contributed by atoms with E-state index in [1.807, 2.05) is 0 Å². The van der Waals surface area contributed by atoms with Crippen LogP contribution in [0.4, 0.5) is 4.39 Å². The fourth-order valence-corrected chi connectivity index (χ4v) is 3.45. The molecule has 1 aliphatic rings. The summed E-state index contributed by atoms with van der Waals surface area (Å²) in [6.45, 7) is 2.16. The van der Waals surface area contributed by atoms with Gasteiger partial charge in [0.1, 0.15) is 5.82 Å². The van der Waals surface area contributed by atoms with Crippen molar-refractivity contribution in [2.24, 2.45) is 11.3 Å². The standard InChI is InChI=1S/C16H19BrFNO/c1-2-11-5-7-16(10-19,8-6-11)15(20)12-3-4-14(18)13(17)9-12/h3-4,9,11,15,20H,2,5-8H2,1H3. The van der Waals surface area contributed by atoms with E-state index in [2.05, 4.69) is 28.9 Å². The lowest BCUT2D eigenvalue weighted by Crippen LogP contribution is -2.32. The lowest BCUT2D eigenvalue weighted by atomic mass is 9.66. The molecule has 1 unspecified atom stereocenters. The Morgan fingerprint density at radius 1 is 1.50 bits per heavy atom. The van der Waals surface area contributed by atoms with Crippen molar-refractivity contribution >= 4 is 15.9 Å². The van der Waals surface area contributed by atoms with Gasteiger partial charge < -0.3 is 5.11 Å². The third kappa shape index (κ3) is 2.89. The number of hydrogen-bond acceptors (Lipinski definition) is 2. The van der Waals surface area contributed by atoms with Gasteiger partial charge in [0.15, 0.2) is 0 Å². The molecule has 20 heavy (non-hydrogen) atoms. The Kier molecular flexibility index (Phi) is 4.82. The van der Waals surface area contributed by atoms with Crippen molar-refractivity contribution < 1.29 is 9.50 Å². The average Bonchev–Trinajstić information content (AvgIpc) is 2.49. The predicted molar refractivity (Wildman–Crippen MR) is 79.4 cm³/mol. The third-order valence-electron chi connectivity index (χ3n) is 4.58. The first-order valence-corrected chi connectivity index (χ1v) is 7.86. The first-order valence-electron chi connectivity index (χ1n) is 7.06. The van der Waals surface area contributed by atoms with Gasteiger partial charge in [0, 0.05) is 0 Å². The van der Waals surface area contributed by atoms with E-state index in [1.54, 1.807) is 12.1 Å². The molecule has 1 atom stereocenters. The Balaban J connectivity index is 2.23. The molecule has 0 bridgehead atoms. The van der Waals surface area contributed by atoms with E-state index in [0.717, 1.165) is 19.3 Å². The Hall–Kier alpha value is -0.920. The van der Waals surface area contributed by atoms with Crippen LogP contribution in [0.3, 0.4) is 0 Å². The Morgan fingerprint density at radius 3 is 2.65 bits per heavy atom. The summed E-state index contributed by atoms with van der Waals surface area (Å²) in [6, 6.07) is 6.80. The molecule has 4 heteroatoms. The zero-order valence-corrected chi connectivity index (χ0v) is 13.2. The maximum atomic E-state index is 13.3. The number of nitrogens with zero attached hydrogens (tertiary/aromatic N) is 1. The Labute approximate surface area is 127 Å². The van der Waals surface area contributed by atoms with E-state index in [4.69, 9.17) is 0 Å². The van der Waals surface area contributed by atoms with Crippen LogP contribution >= 0.6 is 15.9 Å². The maximum Gasteiger partial charge on any atom is 0.137 e. The van der Waals surface area contributed by atoms with Crippen molar-refractivity contribution in [3.63, 3.8) is 0 Å². The minimum absolute atomic E-state index is 0.324. The van der Waals surface area contributed by atoms with E-state index in [1.165, 1.54) is 6.07 Å². The summed E-state index contributed by atoms with van der Waals surface area (Å²) in [5, 5.41) is 20.2. The highest BCUT2D eigenvalue weighted by Gasteiger charge is 2.42. The van der Waals surface area contributed by atoms with Gasteiger partial charge in [-0.15, -0.1) is 0 Å². The minimum atomic E-state index is -0.859. The molecule has 1 saturated carbocycles. The van der Waals surface area contributed by atoms with Gasteiger partial charge in [0.05, 0.1) is 22.1 Å². The zero-order chi connectivity index (χ0) is 14.8. The molecular formula is C16H19BrFNO. The molecule has 0 radical (unpaired) electrons. The summed E-state index contributed by atoms with van der Waals surface area (Å²) in [5.41, 5.74) is -0.127. The highest BCUT2D eigenvalue weighted by atomic mass is 79.9. The van der Waals surface area contributed by atoms with Gasteiger partial charge in [-0.25, -0.2) is 4.39 Å². The first-order chi connectivity index (χ1) is 9.52. The van der Waals surface area contributed by atoms with Crippen molar-refractivity contribution in [2.45, 2.75) is 45.1 Å². The van der Waals surface area contributed by atoms with Crippen molar-refractivity contribution in [3.05, 3.63) is 34.1 Å². The smallest absolute Gasteiger partial charge is 0.137 e. The van der Waals surface area contributed by atoms with Crippen LogP contribution in [0, 0.1) is 28.5 Å². The zero-order valence-electron chi connectivity index (χ0n) is 11.6. The fraction of sp³-hybridized carbons (Fsp3) is 0.562. The van der Waals surface area contributed by atoms with E-state index < -0.39 is 11.5 Å². The van der Waals surface area contributed by atoms with Crippen molar-refractivity contribution in [3.8, 4) is 6.07 Å². The molecule has 1 aromatic carbocycles. The van der Waals surface area contributed by atoms with Crippen LogP contribution in [0.5, 0.6) is 0 Å². The summed E-state index contributed by atoms with van der Waals surface area (Å²) in [6.07, 6.45) is 3.63. The third-order valence-corrected chi connectivity index (χ3v) is 5.19. The summed E-state index contributed by atoms with van der Waals surface area (Å²) in [5.74, 6) is 0.297. The molecule has 0 amide bonds. The van der Waals surface area contributed by atoms with Crippen LogP contribution < -0.4 is 0 Å². The number of nitriles is 1. The lowest BCUT2D eigenvalue weighted by Gasteiger charge is -2.38. The number of halogens is 2. The molecule has 2 nitrogen and oxygen atoms in total. The van der Waals surface area contributed by atoms with Crippen LogP contribution in [0.15, 0.2) is 22.7 Å². The largest absolute Gasteiger partial charge is 0.387 e. The SMILES string of the molecule is CCC1CCC(C#N)(C(O)c2ccc(F)c(Br)c2)CC1. The van der Waals surface area contributed by atoms with E-state index in [-0.39, 0.29) is 5.82 Å². The van der Waals surface area contributed by atoms with Crippen LogP contribution in [0.25, 0.3) is 0 Å².